The number of rotatable bonds is 5. The average Bonchev–Trinajstić information content (AvgIpc) is 2.74. The van der Waals surface area contributed by atoms with Crippen LogP contribution in [0.25, 0.3) is 0 Å². The SMILES string of the molecule is O=C(O)Cc1ccc(CNc2c(Cl)cc(Br)cc2Cl)s1. The number of anilines is 1. The Morgan fingerprint density at radius 2 is 1.85 bits per heavy atom. The molecule has 7 heteroatoms. The van der Waals surface area contributed by atoms with Gasteiger partial charge in [0.25, 0.3) is 0 Å². The van der Waals surface area contributed by atoms with Gasteiger partial charge in [0.15, 0.2) is 0 Å². The molecule has 2 aromatic rings. The van der Waals surface area contributed by atoms with Crippen LogP contribution in [0, 0.1) is 0 Å². The van der Waals surface area contributed by atoms with E-state index in [1.165, 1.54) is 11.3 Å². The molecule has 106 valence electrons. The molecule has 0 atom stereocenters. The van der Waals surface area contributed by atoms with E-state index in [1.54, 1.807) is 12.1 Å². The first-order valence-corrected chi connectivity index (χ1v) is 8.00. The molecule has 0 aliphatic rings. The van der Waals surface area contributed by atoms with Gasteiger partial charge in [0.2, 0.25) is 0 Å². The Kier molecular flexibility index (Phi) is 5.32. The number of thiophene rings is 1. The largest absolute Gasteiger partial charge is 0.481 e. The van der Waals surface area contributed by atoms with E-state index >= 15 is 0 Å². The van der Waals surface area contributed by atoms with Crippen LogP contribution in [-0.4, -0.2) is 11.1 Å². The summed E-state index contributed by atoms with van der Waals surface area (Å²) in [6.07, 6.45) is 0.0461. The van der Waals surface area contributed by atoms with Crippen LogP contribution in [0.3, 0.4) is 0 Å². The molecule has 0 bridgehead atoms. The summed E-state index contributed by atoms with van der Waals surface area (Å²) in [6.45, 7) is 0.547. The third-order valence-electron chi connectivity index (χ3n) is 2.49. The molecule has 1 aromatic heterocycles. The molecule has 0 aliphatic heterocycles. The van der Waals surface area contributed by atoms with Crippen molar-refractivity contribution in [2.24, 2.45) is 0 Å². The molecule has 20 heavy (non-hydrogen) atoms. The molecule has 1 heterocycles. The summed E-state index contributed by atoms with van der Waals surface area (Å²) in [4.78, 5) is 12.5. The molecule has 0 saturated heterocycles. The molecule has 1 aromatic carbocycles. The number of hydrogen-bond acceptors (Lipinski definition) is 3. The molecule has 0 fully saturated rings. The van der Waals surface area contributed by atoms with Crippen molar-refractivity contribution in [3.8, 4) is 0 Å². The Bertz CT molecular complexity index is 622. The van der Waals surface area contributed by atoms with Gasteiger partial charge in [0.05, 0.1) is 22.2 Å². The fourth-order valence-electron chi connectivity index (χ4n) is 1.65. The van der Waals surface area contributed by atoms with Gasteiger partial charge in [0, 0.05) is 20.8 Å². The Morgan fingerprint density at radius 1 is 1.25 bits per heavy atom. The van der Waals surface area contributed by atoms with Gasteiger partial charge in [-0.15, -0.1) is 11.3 Å². The van der Waals surface area contributed by atoms with Crippen LogP contribution < -0.4 is 5.32 Å². The number of halogens is 3. The number of nitrogens with one attached hydrogen (secondary N) is 1. The summed E-state index contributed by atoms with van der Waals surface area (Å²) >= 11 is 17.0. The summed E-state index contributed by atoms with van der Waals surface area (Å²) in [6, 6.07) is 7.25. The van der Waals surface area contributed by atoms with Gasteiger partial charge in [0.1, 0.15) is 0 Å². The van der Waals surface area contributed by atoms with Crippen LogP contribution in [0.1, 0.15) is 9.75 Å². The van der Waals surface area contributed by atoms with Crippen LogP contribution in [0.4, 0.5) is 5.69 Å². The Morgan fingerprint density at radius 3 is 2.45 bits per heavy atom. The van der Waals surface area contributed by atoms with E-state index in [4.69, 9.17) is 28.3 Å². The minimum atomic E-state index is -0.828. The van der Waals surface area contributed by atoms with Gasteiger partial charge in [-0.3, -0.25) is 4.79 Å². The first kappa shape index (κ1) is 15.6. The van der Waals surface area contributed by atoms with Gasteiger partial charge >= 0.3 is 5.97 Å². The van der Waals surface area contributed by atoms with Crippen molar-refractivity contribution < 1.29 is 9.90 Å². The predicted molar refractivity (Wildman–Crippen MR) is 87.1 cm³/mol. The fraction of sp³-hybridized carbons (Fsp3) is 0.154. The highest BCUT2D eigenvalue weighted by Gasteiger charge is 2.09. The van der Waals surface area contributed by atoms with E-state index in [2.05, 4.69) is 21.2 Å². The lowest BCUT2D eigenvalue weighted by Crippen LogP contribution is -1.99. The maximum absolute atomic E-state index is 10.6. The van der Waals surface area contributed by atoms with Crippen LogP contribution in [0.15, 0.2) is 28.7 Å². The highest BCUT2D eigenvalue weighted by molar-refractivity contribution is 9.10. The second-order valence-corrected chi connectivity index (χ2v) is 7.02. The third-order valence-corrected chi connectivity index (χ3v) is 4.63. The van der Waals surface area contributed by atoms with Crippen molar-refractivity contribution in [3.63, 3.8) is 0 Å². The smallest absolute Gasteiger partial charge is 0.308 e. The number of benzene rings is 1. The lowest BCUT2D eigenvalue weighted by Gasteiger charge is -2.10. The monoisotopic (exact) mass is 393 g/mol. The van der Waals surface area contributed by atoms with E-state index in [0.717, 1.165) is 14.2 Å². The van der Waals surface area contributed by atoms with Gasteiger partial charge in [-0.1, -0.05) is 39.1 Å². The normalized spacial score (nSPS) is 10.6. The zero-order valence-corrected chi connectivity index (χ0v) is 14.0. The zero-order valence-electron chi connectivity index (χ0n) is 10.1. The Hall–Kier alpha value is -0.750. The summed E-state index contributed by atoms with van der Waals surface area (Å²) < 4.78 is 0.818. The van der Waals surface area contributed by atoms with E-state index in [-0.39, 0.29) is 6.42 Å². The van der Waals surface area contributed by atoms with E-state index in [1.807, 2.05) is 12.1 Å². The molecule has 2 N–H and O–H groups in total. The van der Waals surface area contributed by atoms with Gasteiger partial charge in [-0.05, 0) is 24.3 Å². The van der Waals surface area contributed by atoms with Crippen LogP contribution in [0.2, 0.25) is 10.0 Å². The maximum Gasteiger partial charge on any atom is 0.308 e. The summed E-state index contributed by atoms with van der Waals surface area (Å²) in [7, 11) is 0. The second kappa shape index (κ2) is 6.80. The average molecular weight is 395 g/mol. The van der Waals surface area contributed by atoms with E-state index in [0.29, 0.717) is 22.3 Å². The molecular formula is C13H10BrCl2NO2S. The number of hydrogen-bond donors (Lipinski definition) is 2. The van der Waals surface area contributed by atoms with E-state index < -0.39 is 5.97 Å². The van der Waals surface area contributed by atoms with Crippen molar-refractivity contribution in [1.82, 2.24) is 0 Å². The van der Waals surface area contributed by atoms with E-state index in [9.17, 15) is 4.79 Å². The number of aliphatic carboxylic acids is 1. The molecule has 0 saturated carbocycles. The summed E-state index contributed by atoms with van der Waals surface area (Å²) in [5.41, 5.74) is 0.671. The van der Waals surface area contributed by atoms with Crippen LogP contribution in [0.5, 0.6) is 0 Å². The van der Waals surface area contributed by atoms with Crippen molar-refractivity contribution in [1.29, 1.82) is 0 Å². The third kappa shape index (κ3) is 4.12. The molecule has 0 spiro atoms. The summed E-state index contributed by atoms with van der Waals surface area (Å²) in [5, 5.41) is 13.0. The van der Waals surface area contributed by atoms with Crippen molar-refractivity contribution in [2.45, 2.75) is 13.0 Å². The number of carbonyl (C=O) groups is 1. The minimum absolute atomic E-state index is 0.0461. The predicted octanol–water partition coefficient (Wildman–Crippen LogP) is 5.06. The Labute approximate surface area is 138 Å². The highest BCUT2D eigenvalue weighted by Crippen LogP contribution is 2.34. The quantitative estimate of drug-likeness (QED) is 0.745. The maximum atomic E-state index is 10.6. The van der Waals surface area contributed by atoms with Gasteiger partial charge in [-0.25, -0.2) is 0 Å². The van der Waals surface area contributed by atoms with Crippen molar-refractivity contribution in [2.75, 3.05) is 5.32 Å². The van der Waals surface area contributed by atoms with Crippen LogP contribution >= 0.6 is 50.5 Å². The van der Waals surface area contributed by atoms with Crippen molar-refractivity contribution >= 4 is 62.1 Å². The minimum Gasteiger partial charge on any atom is -0.481 e. The molecule has 2 rings (SSSR count). The topological polar surface area (TPSA) is 49.3 Å². The fourth-order valence-corrected chi connectivity index (χ4v) is 3.94. The number of carboxylic acid groups (broad SMARTS) is 1. The van der Waals surface area contributed by atoms with Crippen LogP contribution in [-0.2, 0) is 17.8 Å². The highest BCUT2D eigenvalue weighted by atomic mass is 79.9. The molecule has 0 aliphatic carbocycles. The first-order chi connectivity index (χ1) is 9.45. The number of carboxylic acids is 1. The zero-order chi connectivity index (χ0) is 14.7. The Balaban J connectivity index is 2.05. The van der Waals surface area contributed by atoms with Gasteiger partial charge < -0.3 is 10.4 Å². The second-order valence-electron chi connectivity index (χ2n) is 4.04. The van der Waals surface area contributed by atoms with Gasteiger partial charge in [-0.2, -0.15) is 0 Å². The summed E-state index contributed by atoms with van der Waals surface area (Å²) in [5.74, 6) is -0.828. The molecule has 0 unspecified atom stereocenters. The standard InChI is InChI=1S/C13H10BrCl2NO2S/c14-7-3-10(15)13(11(16)4-7)17-6-9-2-1-8(20-9)5-12(18)19/h1-4,17H,5-6H2,(H,18,19). The lowest BCUT2D eigenvalue weighted by atomic mass is 10.3. The molecular weight excluding hydrogens is 385 g/mol. The molecule has 0 amide bonds. The molecule has 3 nitrogen and oxygen atoms in total. The first-order valence-electron chi connectivity index (χ1n) is 5.63. The van der Waals surface area contributed by atoms with Crippen molar-refractivity contribution in [3.05, 3.63) is 48.5 Å². The molecule has 0 radical (unpaired) electrons. The lowest BCUT2D eigenvalue weighted by molar-refractivity contribution is -0.136.